The lowest BCUT2D eigenvalue weighted by Crippen LogP contribution is -2.47. The van der Waals surface area contributed by atoms with Crippen molar-refractivity contribution in [3.05, 3.63) is 0 Å². The van der Waals surface area contributed by atoms with Gasteiger partial charge in [-0.25, -0.2) is 5.11 Å². The number of hydrogen-bond donors (Lipinski definition) is 1. The highest BCUT2D eigenvalue weighted by Crippen LogP contribution is 2.01. The van der Waals surface area contributed by atoms with E-state index in [4.69, 9.17) is 5.11 Å². The third kappa shape index (κ3) is 4.04. The lowest BCUT2D eigenvalue weighted by Gasteiger charge is -2.34. The summed E-state index contributed by atoms with van der Waals surface area (Å²) in [6.07, 6.45) is 0.764. The maximum atomic E-state index is 10.3. The van der Waals surface area contributed by atoms with E-state index < -0.39 is 0 Å². The first-order valence-electron chi connectivity index (χ1n) is 5.00. The molecule has 0 aromatic rings. The zero-order chi connectivity index (χ0) is 9.52. The van der Waals surface area contributed by atoms with Gasteiger partial charge in [-0.05, 0) is 6.42 Å². The second-order valence-corrected chi connectivity index (χ2v) is 3.46. The minimum atomic E-state index is 0.0385. The summed E-state index contributed by atoms with van der Waals surface area (Å²) >= 11 is 0. The normalized spacial score (nSPS) is 20.8. The minimum absolute atomic E-state index is 0.0385. The molecule has 0 amide bonds. The Morgan fingerprint density at radius 1 is 1.00 bits per heavy atom. The number of hydrogen-bond acceptors (Lipinski definition) is 3. The lowest BCUT2D eigenvalue weighted by molar-refractivity contribution is 0.101. The highest BCUT2D eigenvalue weighted by Gasteiger charge is 2.15. The van der Waals surface area contributed by atoms with Crippen molar-refractivity contribution in [1.82, 2.24) is 9.80 Å². The SMILES string of the molecule is [O]CCCN1CCN(CCO)CC1. The molecule has 0 aromatic heterocycles. The average molecular weight is 187 g/mol. The predicted molar refractivity (Wildman–Crippen MR) is 50.1 cm³/mol. The van der Waals surface area contributed by atoms with Crippen LogP contribution in [0.1, 0.15) is 6.42 Å². The molecule has 1 heterocycles. The molecule has 0 bridgehead atoms. The monoisotopic (exact) mass is 187 g/mol. The topological polar surface area (TPSA) is 46.6 Å². The van der Waals surface area contributed by atoms with Crippen LogP contribution in [0.4, 0.5) is 0 Å². The second-order valence-electron chi connectivity index (χ2n) is 3.46. The number of piperazine rings is 1. The van der Waals surface area contributed by atoms with E-state index in [1.54, 1.807) is 0 Å². The van der Waals surface area contributed by atoms with Crippen LogP contribution in [0.5, 0.6) is 0 Å². The molecule has 4 nitrogen and oxygen atoms in total. The maximum Gasteiger partial charge on any atom is 0.0834 e. The van der Waals surface area contributed by atoms with Crippen molar-refractivity contribution in [1.29, 1.82) is 0 Å². The van der Waals surface area contributed by atoms with Crippen LogP contribution < -0.4 is 0 Å². The summed E-state index contributed by atoms with van der Waals surface area (Å²) in [5.41, 5.74) is 0. The lowest BCUT2D eigenvalue weighted by atomic mass is 10.3. The van der Waals surface area contributed by atoms with E-state index in [9.17, 15) is 5.11 Å². The van der Waals surface area contributed by atoms with Crippen molar-refractivity contribution in [2.75, 3.05) is 52.5 Å². The van der Waals surface area contributed by atoms with E-state index in [1.807, 2.05) is 0 Å². The zero-order valence-corrected chi connectivity index (χ0v) is 8.11. The predicted octanol–water partition coefficient (Wildman–Crippen LogP) is -0.583. The molecule has 13 heavy (non-hydrogen) atoms. The number of nitrogens with zero attached hydrogens (tertiary/aromatic N) is 2. The molecular formula is C9H19N2O2. The Labute approximate surface area is 79.8 Å². The molecule has 0 spiro atoms. The van der Waals surface area contributed by atoms with Crippen LogP contribution in [-0.4, -0.2) is 67.4 Å². The molecule has 1 fully saturated rings. The highest BCUT2D eigenvalue weighted by molar-refractivity contribution is 4.71. The number of β-amino-alcohol motifs (C(OH)–C–C–N with tert-alkyl or cyclic N) is 1. The fraction of sp³-hybridized carbons (Fsp3) is 1.00. The van der Waals surface area contributed by atoms with Crippen LogP contribution in [0.15, 0.2) is 0 Å². The smallest absolute Gasteiger partial charge is 0.0834 e. The van der Waals surface area contributed by atoms with Gasteiger partial charge in [0.1, 0.15) is 0 Å². The number of aliphatic hydroxyl groups excluding tert-OH is 1. The highest BCUT2D eigenvalue weighted by atomic mass is 16.3. The molecule has 0 aliphatic carbocycles. The molecule has 1 aliphatic rings. The fourth-order valence-corrected chi connectivity index (χ4v) is 1.67. The van der Waals surface area contributed by atoms with Crippen LogP contribution >= 0.6 is 0 Å². The molecule has 1 radical (unpaired) electrons. The van der Waals surface area contributed by atoms with Crippen molar-refractivity contribution in [3.63, 3.8) is 0 Å². The van der Waals surface area contributed by atoms with Gasteiger partial charge in [0.25, 0.3) is 0 Å². The summed E-state index contributed by atoms with van der Waals surface area (Å²) < 4.78 is 0. The van der Waals surface area contributed by atoms with Gasteiger partial charge in [-0.3, -0.25) is 4.90 Å². The molecule has 0 aromatic carbocycles. The van der Waals surface area contributed by atoms with E-state index >= 15 is 0 Å². The van der Waals surface area contributed by atoms with Gasteiger partial charge in [0.15, 0.2) is 0 Å². The number of rotatable bonds is 5. The van der Waals surface area contributed by atoms with Crippen molar-refractivity contribution in [2.24, 2.45) is 0 Å². The molecule has 4 heteroatoms. The van der Waals surface area contributed by atoms with Crippen LogP contribution in [0, 0.1) is 0 Å². The molecule has 0 atom stereocenters. The van der Waals surface area contributed by atoms with E-state index in [-0.39, 0.29) is 13.2 Å². The summed E-state index contributed by atoms with van der Waals surface area (Å²) in [6, 6.07) is 0. The van der Waals surface area contributed by atoms with Gasteiger partial charge in [0, 0.05) is 39.3 Å². The van der Waals surface area contributed by atoms with Crippen LogP contribution in [0.2, 0.25) is 0 Å². The molecule has 77 valence electrons. The van der Waals surface area contributed by atoms with E-state index in [0.29, 0.717) is 0 Å². The van der Waals surface area contributed by atoms with Gasteiger partial charge in [0.05, 0.1) is 13.2 Å². The Morgan fingerprint density at radius 3 is 2.00 bits per heavy atom. The fourth-order valence-electron chi connectivity index (χ4n) is 1.67. The third-order valence-corrected chi connectivity index (χ3v) is 2.50. The Bertz CT molecular complexity index is 125. The molecule has 1 N–H and O–H groups in total. The molecular weight excluding hydrogens is 168 g/mol. The average Bonchev–Trinajstić information content (AvgIpc) is 2.17. The van der Waals surface area contributed by atoms with Crippen molar-refractivity contribution < 1.29 is 10.2 Å². The van der Waals surface area contributed by atoms with Gasteiger partial charge in [0.2, 0.25) is 0 Å². The number of aliphatic hydroxyl groups is 1. The summed E-state index contributed by atoms with van der Waals surface area (Å²) in [5, 5.41) is 19.0. The van der Waals surface area contributed by atoms with E-state index in [0.717, 1.165) is 45.7 Å². The van der Waals surface area contributed by atoms with Crippen molar-refractivity contribution in [3.8, 4) is 0 Å². The van der Waals surface area contributed by atoms with Crippen LogP contribution in [0.3, 0.4) is 0 Å². The summed E-state index contributed by atoms with van der Waals surface area (Å²) in [6.45, 7) is 6.15. The molecule has 1 saturated heterocycles. The Hall–Kier alpha value is -0.160. The summed E-state index contributed by atoms with van der Waals surface area (Å²) in [4.78, 5) is 4.58. The maximum absolute atomic E-state index is 10.3. The van der Waals surface area contributed by atoms with Gasteiger partial charge in [-0.1, -0.05) is 0 Å². The Balaban J connectivity index is 2.08. The van der Waals surface area contributed by atoms with Gasteiger partial charge in [-0.2, -0.15) is 0 Å². The Morgan fingerprint density at radius 2 is 1.54 bits per heavy atom. The summed E-state index contributed by atoms with van der Waals surface area (Å²) in [5.74, 6) is 0. The largest absolute Gasteiger partial charge is 0.395 e. The molecule has 1 aliphatic heterocycles. The van der Waals surface area contributed by atoms with Gasteiger partial charge < -0.3 is 10.0 Å². The van der Waals surface area contributed by atoms with Crippen molar-refractivity contribution >= 4 is 0 Å². The standard InChI is InChI=1S/C9H19N2O2/c12-8-1-2-10-3-5-11(6-4-10)7-9-13/h13H,1-9H2. The first-order valence-corrected chi connectivity index (χ1v) is 5.00. The van der Waals surface area contributed by atoms with Gasteiger partial charge in [-0.15, -0.1) is 0 Å². The van der Waals surface area contributed by atoms with E-state index in [1.165, 1.54) is 0 Å². The van der Waals surface area contributed by atoms with Gasteiger partial charge >= 0.3 is 0 Å². The molecule has 0 saturated carbocycles. The quantitative estimate of drug-likeness (QED) is 0.626. The Kier molecular flexibility index (Phi) is 5.31. The molecule has 1 rings (SSSR count). The van der Waals surface area contributed by atoms with Crippen LogP contribution in [0.25, 0.3) is 0 Å². The van der Waals surface area contributed by atoms with Crippen LogP contribution in [-0.2, 0) is 5.11 Å². The second kappa shape index (κ2) is 6.32. The summed E-state index contributed by atoms with van der Waals surface area (Å²) in [7, 11) is 0. The zero-order valence-electron chi connectivity index (χ0n) is 8.11. The minimum Gasteiger partial charge on any atom is -0.395 e. The van der Waals surface area contributed by atoms with E-state index in [2.05, 4.69) is 9.80 Å². The third-order valence-electron chi connectivity index (χ3n) is 2.50. The molecule has 0 unspecified atom stereocenters. The first kappa shape index (κ1) is 10.9. The first-order chi connectivity index (χ1) is 6.36. The van der Waals surface area contributed by atoms with Crippen molar-refractivity contribution in [2.45, 2.75) is 6.42 Å².